The van der Waals surface area contributed by atoms with E-state index in [4.69, 9.17) is 28.5 Å². The number of anilines is 1. The molecule has 0 saturated carbocycles. The van der Waals surface area contributed by atoms with E-state index in [9.17, 15) is 4.79 Å². The first kappa shape index (κ1) is 14.5. The fourth-order valence-electron chi connectivity index (χ4n) is 1.39. The number of hydrogen-bond acceptors (Lipinski definition) is 4. The van der Waals surface area contributed by atoms with Crippen molar-refractivity contribution in [2.75, 3.05) is 5.32 Å². The SMILES string of the molecule is N#C/C(=C\c1c(Cl)cccc1Cl)C(=O)Nc1nccs1. The van der Waals surface area contributed by atoms with Crippen LogP contribution >= 0.6 is 34.5 Å². The Labute approximate surface area is 129 Å². The highest BCUT2D eigenvalue weighted by atomic mass is 35.5. The summed E-state index contributed by atoms with van der Waals surface area (Å²) in [4.78, 5) is 15.9. The average Bonchev–Trinajstić information content (AvgIpc) is 2.91. The molecule has 7 heteroatoms. The molecule has 0 unspecified atom stereocenters. The Morgan fingerprint density at radius 3 is 2.65 bits per heavy atom. The van der Waals surface area contributed by atoms with Crippen LogP contribution in [-0.2, 0) is 4.79 Å². The summed E-state index contributed by atoms with van der Waals surface area (Å²) < 4.78 is 0. The number of nitrogens with one attached hydrogen (secondary N) is 1. The molecule has 2 rings (SSSR count). The van der Waals surface area contributed by atoms with Gasteiger partial charge in [0.15, 0.2) is 5.13 Å². The minimum atomic E-state index is -0.557. The lowest BCUT2D eigenvalue weighted by Crippen LogP contribution is -2.13. The molecule has 1 amide bonds. The Morgan fingerprint density at radius 1 is 1.40 bits per heavy atom. The number of thiazole rings is 1. The molecular weight excluding hydrogens is 317 g/mol. The van der Waals surface area contributed by atoms with Crippen LogP contribution in [0, 0.1) is 11.3 Å². The zero-order valence-corrected chi connectivity index (χ0v) is 12.3. The molecule has 0 radical (unpaired) electrons. The van der Waals surface area contributed by atoms with Gasteiger partial charge in [0.2, 0.25) is 0 Å². The van der Waals surface area contributed by atoms with Gasteiger partial charge in [-0.1, -0.05) is 29.3 Å². The van der Waals surface area contributed by atoms with Gasteiger partial charge in [-0.25, -0.2) is 4.98 Å². The Hall–Kier alpha value is -1.87. The van der Waals surface area contributed by atoms with Crippen molar-refractivity contribution in [3.05, 3.63) is 51.0 Å². The summed E-state index contributed by atoms with van der Waals surface area (Å²) in [6, 6.07) is 6.77. The quantitative estimate of drug-likeness (QED) is 0.685. The van der Waals surface area contributed by atoms with Crippen LogP contribution in [0.5, 0.6) is 0 Å². The van der Waals surface area contributed by atoms with Crippen LogP contribution in [0.4, 0.5) is 5.13 Å². The van der Waals surface area contributed by atoms with E-state index in [2.05, 4.69) is 10.3 Å². The van der Waals surface area contributed by atoms with Crippen LogP contribution in [0.15, 0.2) is 35.3 Å². The van der Waals surface area contributed by atoms with Crippen LogP contribution in [0.25, 0.3) is 6.08 Å². The summed E-state index contributed by atoms with van der Waals surface area (Å²) in [5.41, 5.74) is 0.330. The number of benzene rings is 1. The highest BCUT2D eigenvalue weighted by molar-refractivity contribution is 7.13. The van der Waals surface area contributed by atoms with Crippen molar-refractivity contribution < 1.29 is 4.79 Å². The number of halogens is 2. The minimum Gasteiger partial charge on any atom is -0.297 e. The van der Waals surface area contributed by atoms with Crippen molar-refractivity contribution in [1.29, 1.82) is 5.26 Å². The Balaban J connectivity index is 2.30. The maximum atomic E-state index is 11.9. The lowest BCUT2D eigenvalue weighted by Gasteiger charge is -2.03. The third-order valence-corrected chi connectivity index (χ3v) is 3.65. The summed E-state index contributed by atoms with van der Waals surface area (Å²) in [5, 5.41) is 14.5. The summed E-state index contributed by atoms with van der Waals surface area (Å²) >= 11 is 13.3. The molecule has 0 saturated heterocycles. The van der Waals surface area contributed by atoms with Gasteiger partial charge in [0.25, 0.3) is 5.91 Å². The monoisotopic (exact) mass is 323 g/mol. The summed E-state index contributed by atoms with van der Waals surface area (Å²) in [6.45, 7) is 0. The number of aromatic nitrogens is 1. The number of carbonyl (C=O) groups is 1. The number of rotatable bonds is 3. The topological polar surface area (TPSA) is 65.8 Å². The van der Waals surface area contributed by atoms with Crippen LogP contribution in [0.1, 0.15) is 5.56 Å². The Bertz CT molecular complexity index is 685. The third-order valence-electron chi connectivity index (χ3n) is 2.31. The largest absolute Gasteiger partial charge is 0.297 e. The normalized spacial score (nSPS) is 10.9. The van der Waals surface area contributed by atoms with E-state index in [0.29, 0.717) is 20.7 Å². The van der Waals surface area contributed by atoms with Crippen molar-refractivity contribution >= 4 is 51.7 Å². The van der Waals surface area contributed by atoms with E-state index in [-0.39, 0.29) is 5.57 Å². The van der Waals surface area contributed by atoms with Gasteiger partial charge in [0, 0.05) is 27.2 Å². The molecule has 100 valence electrons. The van der Waals surface area contributed by atoms with Crippen molar-refractivity contribution in [3.8, 4) is 6.07 Å². The Morgan fingerprint density at radius 2 is 2.10 bits per heavy atom. The van der Waals surface area contributed by atoms with E-state index >= 15 is 0 Å². The molecule has 2 aromatic rings. The number of nitriles is 1. The zero-order valence-electron chi connectivity index (χ0n) is 9.93. The van der Waals surface area contributed by atoms with Crippen LogP contribution in [0.2, 0.25) is 10.0 Å². The van der Waals surface area contributed by atoms with Gasteiger partial charge in [-0.3, -0.25) is 10.1 Å². The minimum absolute atomic E-state index is 0.102. The fraction of sp³-hybridized carbons (Fsp3) is 0. The average molecular weight is 324 g/mol. The van der Waals surface area contributed by atoms with E-state index < -0.39 is 5.91 Å². The first-order valence-electron chi connectivity index (χ1n) is 5.38. The maximum absolute atomic E-state index is 11.9. The molecule has 0 atom stereocenters. The van der Waals surface area contributed by atoms with Crippen molar-refractivity contribution in [1.82, 2.24) is 4.98 Å². The second kappa shape index (κ2) is 6.53. The Kier molecular flexibility index (Phi) is 4.74. The van der Waals surface area contributed by atoms with Gasteiger partial charge in [-0.2, -0.15) is 5.26 Å². The first-order valence-corrected chi connectivity index (χ1v) is 7.02. The van der Waals surface area contributed by atoms with Crippen molar-refractivity contribution in [3.63, 3.8) is 0 Å². The predicted octanol–water partition coefficient (Wildman–Crippen LogP) is 4.00. The molecule has 0 aliphatic rings. The molecule has 0 aliphatic heterocycles. The van der Waals surface area contributed by atoms with Gasteiger partial charge in [0.1, 0.15) is 11.6 Å². The molecule has 1 aromatic carbocycles. The van der Waals surface area contributed by atoms with Crippen LogP contribution < -0.4 is 5.32 Å². The molecule has 0 fully saturated rings. The highest BCUT2D eigenvalue weighted by Crippen LogP contribution is 2.26. The van der Waals surface area contributed by atoms with Crippen molar-refractivity contribution in [2.45, 2.75) is 0 Å². The molecule has 1 N–H and O–H groups in total. The predicted molar refractivity (Wildman–Crippen MR) is 80.8 cm³/mol. The fourth-order valence-corrected chi connectivity index (χ4v) is 2.42. The molecule has 1 heterocycles. The van der Waals surface area contributed by atoms with E-state index in [0.717, 1.165) is 0 Å². The second-order valence-electron chi connectivity index (χ2n) is 3.60. The zero-order chi connectivity index (χ0) is 14.5. The summed E-state index contributed by atoms with van der Waals surface area (Å²) in [5.74, 6) is -0.557. The van der Waals surface area contributed by atoms with E-state index in [1.54, 1.807) is 29.8 Å². The second-order valence-corrected chi connectivity index (χ2v) is 5.31. The number of nitrogens with zero attached hydrogens (tertiary/aromatic N) is 2. The van der Waals surface area contributed by atoms with E-state index in [1.807, 2.05) is 6.07 Å². The van der Waals surface area contributed by atoms with Crippen LogP contribution in [0.3, 0.4) is 0 Å². The van der Waals surface area contributed by atoms with Gasteiger partial charge < -0.3 is 0 Å². The standard InChI is InChI=1S/C13H7Cl2N3OS/c14-10-2-1-3-11(15)9(10)6-8(7-16)12(19)18-13-17-4-5-20-13/h1-6H,(H,17,18,19)/b8-6+. The van der Waals surface area contributed by atoms with Gasteiger partial charge >= 0.3 is 0 Å². The summed E-state index contributed by atoms with van der Waals surface area (Å²) in [6.07, 6.45) is 2.91. The number of hydrogen-bond donors (Lipinski definition) is 1. The molecule has 20 heavy (non-hydrogen) atoms. The van der Waals surface area contributed by atoms with Gasteiger partial charge in [-0.15, -0.1) is 11.3 Å². The molecule has 4 nitrogen and oxygen atoms in total. The lowest BCUT2D eigenvalue weighted by molar-refractivity contribution is -0.112. The van der Waals surface area contributed by atoms with Gasteiger partial charge in [0.05, 0.1) is 0 Å². The molecule has 0 bridgehead atoms. The molecule has 0 aliphatic carbocycles. The first-order chi connectivity index (χ1) is 9.61. The number of carbonyl (C=O) groups excluding carboxylic acids is 1. The number of amides is 1. The third kappa shape index (κ3) is 3.36. The van der Waals surface area contributed by atoms with Crippen molar-refractivity contribution in [2.24, 2.45) is 0 Å². The lowest BCUT2D eigenvalue weighted by atomic mass is 10.1. The maximum Gasteiger partial charge on any atom is 0.268 e. The van der Waals surface area contributed by atoms with Gasteiger partial charge in [-0.05, 0) is 18.2 Å². The smallest absolute Gasteiger partial charge is 0.268 e. The molecule has 1 aromatic heterocycles. The molecule has 0 spiro atoms. The molecular formula is C13H7Cl2N3OS. The van der Waals surface area contributed by atoms with E-state index in [1.165, 1.54) is 17.4 Å². The highest BCUT2D eigenvalue weighted by Gasteiger charge is 2.12. The van der Waals surface area contributed by atoms with Crippen LogP contribution in [-0.4, -0.2) is 10.9 Å². The summed E-state index contributed by atoms with van der Waals surface area (Å²) in [7, 11) is 0.